The standard InChI is InChI=1S/C8H18Si.2CH4/c1-7(2)8(3)9(4,5)6;;/h1-6H3;2*1H4. The van der Waals surface area contributed by atoms with E-state index >= 15 is 0 Å². The fraction of sp³-hybridized carbons (Fsp3) is 0.800. The summed E-state index contributed by atoms with van der Waals surface area (Å²) in [6, 6.07) is 0. The smallest absolute Gasteiger partial charge is 0.0719 e. The van der Waals surface area contributed by atoms with Crippen LogP contribution in [0.25, 0.3) is 0 Å². The van der Waals surface area contributed by atoms with Crippen LogP contribution >= 0.6 is 0 Å². The summed E-state index contributed by atoms with van der Waals surface area (Å²) >= 11 is 0. The quantitative estimate of drug-likeness (QED) is 0.514. The molecule has 0 bridgehead atoms. The van der Waals surface area contributed by atoms with Gasteiger partial charge in [-0.15, -0.1) is 0 Å². The maximum absolute atomic E-state index is 2.38. The van der Waals surface area contributed by atoms with Gasteiger partial charge in [0, 0.05) is 0 Å². The second-order valence-corrected chi connectivity index (χ2v) is 9.12. The van der Waals surface area contributed by atoms with Gasteiger partial charge in [-0.1, -0.05) is 45.3 Å². The molecular weight excluding hydrogens is 148 g/mol. The lowest BCUT2D eigenvalue weighted by molar-refractivity contribution is 1.31. The second-order valence-electron chi connectivity index (χ2n) is 3.88. The van der Waals surface area contributed by atoms with Crippen molar-refractivity contribution in [2.45, 2.75) is 55.3 Å². The molecule has 0 aliphatic rings. The summed E-state index contributed by atoms with van der Waals surface area (Å²) in [5.41, 5.74) is 1.51. The monoisotopic (exact) mass is 174 g/mol. The first kappa shape index (κ1) is 17.2. The first-order chi connectivity index (χ1) is 3.85. The summed E-state index contributed by atoms with van der Waals surface area (Å²) in [5.74, 6) is 0. The molecule has 0 aliphatic heterocycles. The largest absolute Gasteiger partial charge is 0.0854 e. The van der Waals surface area contributed by atoms with Crippen LogP contribution in [0.5, 0.6) is 0 Å². The molecule has 0 nitrogen and oxygen atoms in total. The number of rotatable bonds is 1. The molecule has 0 unspecified atom stereocenters. The predicted octanol–water partition coefficient (Wildman–Crippen LogP) is 4.49. The van der Waals surface area contributed by atoms with E-state index in [1.807, 2.05) is 0 Å². The van der Waals surface area contributed by atoms with Crippen molar-refractivity contribution in [3.63, 3.8) is 0 Å². The van der Waals surface area contributed by atoms with Crippen molar-refractivity contribution < 1.29 is 0 Å². The number of hydrogen-bond acceptors (Lipinski definition) is 0. The molecule has 0 rings (SSSR count). The van der Waals surface area contributed by atoms with Gasteiger partial charge in [-0.25, -0.2) is 0 Å². The number of hydrogen-bond donors (Lipinski definition) is 0. The van der Waals surface area contributed by atoms with Crippen LogP contribution in [0.1, 0.15) is 35.6 Å². The first-order valence-corrected chi connectivity index (χ1v) is 7.00. The molecule has 0 saturated carbocycles. The molecule has 11 heavy (non-hydrogen) atoms. The minimum atomic E-state index is -0.944. The summed E-state index contributed by atoms with van der Waals surface area (Å²) in [6.45, 7) is 13.8. The Labute approximate surface area is 74.7 Å². The Balaban J connectivity index is -0.000000320. The van der Waals surface area contributed by atoms with Crippen LogP contribution in [0, 0.1) is 0 Å². The Kier molecular flexibility index (Phi) is 8.71. The van der Waals surface area contributed by atoms with E-state index in [-0.39, 0.29) is 14.9 Å². The normalized spacial score (nSPS) is 9.27. The molecule has 0 atom stereocenters. The Hall–Kier alpha value is -0.0431. The molecule has 0 aromatic rings. The minimum absolute atomic E-state index is 0. The fourth-order valence-electron chi connectivity index (χ4n) is 0.750. The summed E-state index contributed by atoms with van der Waals surface area (Å²) < 4.78 is 0. The topological polar surface area (TPSA) is 0 Å². The zero-order chi connectivity index (χ0) is 7.65. The molecule has 70 valence electrons. The lowest BCUT2D eigenvalue weighted by Crippen LogP contribution is -2.22. The Bertz CT molecular complexity index is 122. The second kappa shape index (κ2) is 5.59. The van der Waals surface area contributed by atoms with Crippen LogP contribution < -0.4 is 0 Å². The molecule has 0 heterocycles. The summed E-state index contributed by atoms with van der Waals surface area (Å²) in [4.78, 5) is 0. The van der Waals surface area contributed by atoms with Crippen molar-refractivity contribution in [3.05, 3.63) is 10.8 Å². The van der Waals surface area contributed by atoms with Crippen LogP contribution in [0.3, 0.4) is 0 Å². The molecule has 0 aromatic carbocycles. The zero-order valence-electron chi connectivity index (χ0n) is 7.50. The third-order valence-electron chi connectivity index (χ3n) is 1.88. The van der Waals surface area contributed by atoms with Gasteiger partial charge in [0.1, 0.15) is 0 Å². The van der Waals surface area contributed by atoms with Crippen LogP contribution in [0.4, 0.5) is 0 Å². The van der Waals surface area contributed by atoms with Gasteiger partial charge in [0.2, 0.25) is 0 Å². The van der Waals surface area contributed by atoms with E-state index in [1.165, 1.54) is 5.57 Å². The van der Waals surface area contributed by atoms with Crippen LogP contribution in [0.2, 0.25) is 19.6 Å². The maximum atomic E-state index is 2.38. The van der Waals surface area contributed by atoms with E-state index in [2.05, 4.69) is 40.4 Å². The molecule has 0 aromatic heterocycles. The SMILES string of the molecule is C.C.CC(C)=C(C)[Si](C)(C)C. The Morgan fingerprint density at radius 2 is 1.09 bits per heavy atom. The molecule has 0 radical (unpaired) electrons. The van der Waals surface area contributed by atoms with Crippen molar-refractivity contribution in [1.82, 2.24) is 0 Å². The van der Waals surface area contributed by atoms with Gasteiger partial charge in [0.05, 0.1) is 8.07 Å². The summed E-state index contributed by atoms with van der Waals surface area (Å²) in [7, 11) is -0.944. The van der Waals surface area contributed by atoms with Gasteiger partial charge in [0.25, 0.3) is 0 Å². The van der Waals surface area contributed by atoms with E-state index in [4.69, 9.17) is 0 Å². The summed E-state index contributed by atoms with van der Waals surface area (Å²) in [5, 5.41) is 1.64. The van der Waals surface area contributed by atoms with E-state index < -0.39 is 8.07 Å². The van der Waals surface area contributed by atoms with Crippen molar-refractivity contribution in [2.24, 2.45) is 0 Å². The lowest BCUT2D eigenvalue weighted by atomic mass is 10.3. The van der Waals surface area contributed by atoms with Gasteiger partial charge in [-0.3, -0.25) is 0 Å². The zero-order valence-corrected chi connectivity index (χ0v) is 8.50. The number of allylic oxidation sites excluding steroid dienone is 2. The Morgan fingerprint density at radius 1 is 0.818 bits per heavy atom. The minimum Gasteiger partial charge on any atom is -0.0854 e. The fourth-order valence-corrected chi connectivity index (χ4v) is 2.25. The Morgan fingerprint density at radius 3 is 1.09 bits per heavy atom. The van der Waals surface area contributed by atoms with Gasteiger partial charge >= 0.3 is 0 Å². The van der Waals surface area contributed by atoms with Crippen LogP contribution in [-0.2, 0) is 0 Å². The van der Waals surface area contributed by atoms with Crippen molar-refractivity contribution in [2.75, 3.05) is 0 Å². The van der Waals surface area contributed by atoms with E-state index in [9.17, 15) is 0 Å². The highest BCUT2D eigenvalue weighted by atomic mass is 28.3. The molecular formula is C10H26Si. The van der Waals surface area contributed by atoms with Gasteiger partial charge in [-0.2, -0.15) is 0 Å². The van der Waals surface area contributed by atoms with E-state index in [0.717, 1.165) is 0 Å². The van der Waals surface area contributed by atoms with Crippen molar-refractivity contribution in [3.8, 4) is 0 Å². The first-order valence-electron chi connectivity index (χ1n) is 3.50. The highest BCUT2D eigenvalue weighted by molar-refractivity contribution is 6.83. The maximum Gasteiger partial charge on any atom is 0.0719 e. The molecule has 1 heteroatoms. The van der Waals surface area contributed by atoms with E-state index in [1.54, 1.807) is 5.20 Å². The van der Waals surface area contributed by atoms with E-state index in [0.29, 0.717) is 0 Å². The third-order valence-corrected chi connectivity index (χ3v) is 4.62. The molecule has 0 aliphatic carbocycles. The predicted molar refractivity (Wildman–Crippen MR) is 60.9 cm³/mol. The molecule has 0 amide bonds. The third kappa shape index (κ3) is 6.36. The molecule has 0 spiro atoms. The van der Waals surface area contributed by atoms with Crippen LogP contribution in [-0.4, -0.2) is 8.07 Å². The molecule has 0 fully saturated rings. The average molecular weight is 174 g/mol. The van der Waals surface area contributed by atoms with Crippen molar-refractivity contribution >= 4 is 8.07 Å². The van der Waals surface area contributed by atoms with Gasteiger partial charge in [0.15, 0.2) is 0 Å². The lowest BCUT2D eigenvalue weighted by Gasteiger charge is -2.18. The van der Waals surface area contributed by atoms with Gasteiger partial charge in [-0.05, 0) is 20.8 Å². The highest BCUT2D eigenvalue weighted by Gasteiger charge is 2.15. The van der Waals surface area contributed by atoms with Crippen molar-refractivity contribution in [1.29, 1.82) is 0 Å². The highest BCUT2D eigenvalue weighted by Crippen LogP contribution is 2.16. The van der Waals surface area contributed by atoms with Crippen LogP contribution in [0.15, 0.2) is 10.8 Å². The average Bonchev–Trinajstić information content (AvgIpc) is 1.62. The molecule has 0 N–H and O–H groups in total. The summed E-state index contributed by atoms with van der Waals surface area (Å²) in [6.07, 6.45) is 0. The van der Waals surface area contributed by atoms with Gasteiger partial charge < -0.3 is 0 Å². The molecule has 0 saturated heterocycles.